The molecule has 0 aliphatic heterocycles. The third-order valence-electron chi connectivity index (χ3n) is 6.52. The quantitative estimate of drug-likeness (QED) is 0.229. The first kappa shape index (κ1) is 28.4. The monoisotopic (exact) mass is 613 g/mol. The molecule has 0 radical (unpaired) electrons. The van der Waals surface area contributed by atoms with Gasteiger partial charge in [-0.2, -0.15) is 9.61 Å². The summed E-state index contributed by atoms with van der Waals surface area (Å²) >= 11 is 9.96. The molecule has 0 saturated carbocycles. The molecular weight excluding hydrogens is 586 g/mol. The van der Waals surface area contributed by atoms with Crippen LogP contribution in [0.1, 0.15) is 53.1 Å². The van der Waals surface area contributed by atoms with E-state index in [4.69, 9.17) is 16.7 Å². The molecule has 0 bridgehead atoms. The fraction of sp³-hybridized carbons (Fsp3) is 0.286. The minimum absolute atomic E-state index is 0.180. The highest BCUT2D eigenvalue weighted by molar-refractivity contribution is 9.10. The Hall–Kier alpha value is -3.63. The number of rotatable bonds is 10. The first-order valence-corrected chi connectivity index (χ1v) is 13.7. The van der Waals surface area contributed by atoms with E-state index in [0.29, 0.717) is 40.3 Å². The maximum atomic E-state index is 13.9. The number of aromatic nitrogens is 3. The predicted molar refractivity (Wildman–Crippen MR) is 154 cm³/mol. The number of nitrogens with zero attached hydrogens (tertiary/aromatic N) is 4. The van der Waals surface area contributed by atoms with Crippen LogP contribution in [0, 0.1) is 6.92 Å². The van der Waals surface area contributed by atoms with Crippen LogP contribution in [0.3, 0.4) is 0 Å². The second kappa shape index (κ2) is 12.5. The minimum atomic E-state index is -1.12. The van der Waals surface area contributed by atoms with Crippen molar-refractivity contribution in [2.24, 2.45) is 0 Å². The average molecular weight is 615 g/mol. The van der Waals surface area contributed by atoms with E-state index in [-0.39, 0.29) is 31.2 Å². The molecule has 2 aromatic carbocycles. The lowest BCUT2D eigenvalue weighted by atomic mass is 10.0. The topological polar surface area (TPSA) is 109 Å². The summed E-state index contributed by atoms with van der Waals surface area (Å²) in [5.41, 5.74) is 2.68. The van der Waals surface area contributed by atoms with Crippen LogP contribution >= 0.6 is 27.5 Å². The number of halogens is 2. The fourth-order valence-corrected chi connectivity index (χ4v) is 5.07. The molecule has 1 atom stereocenters. The summed E-state index contributed by atoms with van der Waals surface area (Å²) in [5.74, 6) is -0.223. The molecule has 0 spiro atoms. The van der Waals surface area contributed by atoms with Crippen LogP contribution in [0.15, 0.2) is 69.9 Å². The summed E-state index contributed by atoms with van der Waals surface area (Å²) < 4.78 is 3.78. The molecule has 2 N–H and O–H groups in total. The number of hydrogen-bond donors (Lipinski definition) is 2. The summed E-state index contributed by atoms with van der Waals surface area (Å²) in [6.07, 6.45) is -0.229. The molecule has 1 unspecified atom stereocenters. The first-order chi connectivity index (χ1) is 18.7. The van der Waals surface area contributed by atoms with Crippen molar-refractivity contribution in [2.75, 3.05) is 13.1 Å². The summed E-state index contributed by atoms with van der Waals surface area (Å²) in [4.78, 5) is 40.4. The number of nitrogens with one attached hydrogen (secondary N) is 1. The highest BCUT2D eigenvalue weighted by Gasteiger charge is 2.29. The predicted octanol–water partition coefficient (Wildman–Crippen LogP) is 5.52. The Balaban J connectivity index is 1.85. The lowest BCUT2D eigenvalue weighted by Crippen LogP contribution is -2.40. The van der Waals surface area contributed by atoms with Gasteiger partial charge in [-0.1, -0.05) is 64.8 Å². The van der Waals surface area contributed by atoms with Gasteiger partial charge in [-0.25, -0.2) is 9.59 Å². The van der Waals surface area contributed by atoms with Gasteiger partial charge in [0, 0.05) is 28.8 Å². The van der Waals surface area contributed by atoms with Crippen molar-refractivity contribution in [1.82, 2.24) is 24.4 Å². The Morgan fingerprint density at radius 2 is 1.85 bits per heavy atom. The maximum Gasteiger partial charge on any atom is 0.404 e. The zero-order chi connectivity index (χ0) is 28.1. The van der Waals surface area contributed by atoms with Crippen molar-refractivity contribution in [1.29, 1.82) is 0 Å². The van der Waals surface area contributed by atoms with Gasteiger partial charge in [-0.3, -0.25) is 9.36 Å². The van der Waals surface area contributed by atoms with Crippen molar-refractivity contribution in [3.8, 4) is 0 Å². The molecule has 4 aromatic rings. The number of carboxylic acid groups (broad SMARTS) is 1. The van der Waals surface area contributed by atoms with E-state index in [9.17, 15) is 14.4 Å². The maximum absolute atomic E-state index is 13.9. The molecular formula is C28H29BrClN5O4. The number of hydrogen-bond acceptors (Lipinski definition) is 4. The standard InChI is InChI=1S/C28H29BrClN5O4/c1-3-22(33(15-7-14-31-27(37)38)26(36)20-10-12-21(29)13-11-20)23-16-24-25(30)18(2)32-35(24)28(39)34(23)17-19-8-5-4-6-9-19/h4-6,8-13,16,22,31H,3,7,14-15,17H2,1-2H3,(H,37,38). The summed E-state index contributed by atoms with van der Waals surface area (Å²) in [6, 6.07) is 18.0. The molecule has 39 heavy (non-hydrogen) atoms. The van der Waals surface area contributed by atoms with Gasteiger partial charge in [0.25, 0.3) is 5.91 Å². The normalized spacial score (nSPS) is 11.9. The summed E-state index contributed by atoms with van der Waals surface area (Å²) in [7, 11) is 0. The van der Waals surface area contributed by atoms with E-state index >= 15 is 0 Å². The molecule has 0 aliphatic rings. The van der Waals surface area contributed by atoms with E-state index < -0.39 is 12.1 Å². The van der Waals surface area contributed by atoms with E-state index in [1.165, 1.54) is 4.52 Å². The Morgan fingerprint density at radius 1 is 1.15 bits per heavy atom. The Labute approximate surface area is 239 Å². The number of aryl methyl sites for hydroxylation is 1. The highest BCUT2D eigenvalue weighted by Crippen LogP contribution is 2.30. The SMILES string of the molecule is CCC(c1cc2c(Cl)c(C)nn2c(=O)n1Cc1ccccc1)N(CCCNC(=O)O)C(=O)c1ccc(Br)cc1. The summed E-state index contributed by atoms with van der Waals surface area (Å²) in [5, 5.41) is 16.1. The highest BCUT2D eigenvalue weighted by atomic mass is 79.9. The van der Waals surface area contributed by atoms with Gasteiger partial charge < -0.3 is 15.3 Å². The van der Waals surface area contributed by atoms with Crippen LogP contribution < -0.4 is 11.0 Å². The van der Waals surface area contributed by atoms with Crippen LogP contribution in [0.5, 0.6) is 0 Å². The molecule has 4 rings (SSSR count). The smallest absolute Gasteiger partial charge is 0.404 e. The number of benzene rings is 2. The molecule has 0 aliphatic carbocycles. The lowest BCUT2D eigenvalue weighted by molar-refractivity contribution is 0.0659. The van der Waals surface area contributed by atoms with Crippen molar-refractivity contribution < 1.29 is 14.7 Å². The van der Waals surface area contributed by atoms with Crippen LogP contribution in [-0.2, 0) is 6.54 Å². The molecule has 11 heteroatoms. The molecule has 204 valence electrons. The first-order valence-electron chi connectivity index (χ1n) is 12.6. The van der Waals surface area contributed by atoms with Crippen molar-refractivity contribution in [3.63, 3.8) is 0 Å². The third-order valence-corrected chi connectivity index (χ3v) is 7.52. The van der Waals surface area contributed by atoms with Crippen molar-refractivity contribution in [3.05, 3.63) is 103 Å². The van der Waals surface area contributed by atoms with Gasteiger partial charge in [0.05, 0.1) is 28.8 Å². The molecule has 0 saturated heterocycles. The second-order valence-electron chi connectivity index (χ2n) is 9.13. The zero-order valence-electron chi connectivity index (χ0n) is 21.6. The number of amides is 2. The molecule has 2 heterocycles. The number of carbonyl (C=O) groups excluding carboxylic acids is 1. The lowest BCUT2D eigenvalue weighted by Gasteiger charge is -2.33. The average Bonchev–Trinajstić information content (AvgIpc) is 3.21. The van der Waals surface area contributed by atoms with Gasteiger partial charge >= 0.3 is 11.8 Å². The van der Waals surface area contributed by atoms with Crippen LogP contribution in [0.2, 0.25) is 5.02 Å². The Kier molecular flexibility index (Phi) is 9.08. The summed E-state index contributed by atoms with van der Waals surface area (Å²) in [6.45, 7) is 4.42. The van der Waals surface area contributed by atoms with E-state index in [0.717, 1.165) is 10.0 Å². The number of fused-ring (bicyclic) bond motifs is 1. The van der Waals surface area contributed by atoms with Crippen LogP contribution in [0.4, 0.5) is 4.79 Å². The molecule has 2 aromatic heterocycles. The van der Waals surface area contributed by atoms with Gasteiger partial charge in [0.1, 0.15) is 0 Å². The Bertz CT molecular complexity index is 1540. The molecule has 2 amide bonds. The van der Waals surface area contributed by atoms with E-state index in [1.54, 1.807) is 40.7 Å². The largest absolute Gasteiger partial charge is 0.465 e. The molecule has 0 fully saturated rings. The van der Waals surface area contributed by atoms with Gasteiger partial charge in [-0.15, -0.1) is 0 Å². The van der Waals surface area contributed by atoms with Gasteiger partial charge in [0.15, 0.2) is 0 Å². The van der Waals surface area contributed by atoms with E-state index in [2.05, 4.69) is 26.3 Å². The molecule has 9 nitrogen and oxygen atoms in total. The van der Waals surface area contributed by atoms with E-state index in [1.807, 2.05) is 43.3 Å². The van der Waals surface area contributed by atoms with Crippen molar-refractivity contribution >= 4 is 45.0 Å². The minimum Gasteiger partial charge on any atom is -0.465 e. The zero-order valence-corrected chi connectivity index (χ0v) is 23.9. The third kappa shape index (κ3) is 6.34. The van der Waals surface area contributed by atoms with Crippen LogP contribution in [-0.4, -0.2) is 49.3 Å². The van der Waals surface area contributed by atoms with Crippen molar-refractivity contribution in [2.45, 2.75) is 39.3 Å². The second-order valence-corrected chi connectivity index (χ2v) is 10.4. The fourth-order valence-electron chi connectivity index (χ4n) is 4.63. The van der Waals surface area contributed by atoms with Crippen LogP contribution in [0.25, 0.3) is 5.52 Å². The number of carbonyl (C=O) groups is 2. The Morgan fingerprint density at radius 3 is 2.49 bits per heavy atom. The van der Waals surface area contributed by atoms with Gasteiger partial charge in [0.2, 0.25) is 0 Å². The van der Waals surface area contributed by atoms with Gasteiger partial charge in [-0.05, 0) is 55.7 Å².